The van der Waals surface area contributed by atoms with Crippen LogP contribution in [0.5, 0.6) is 0 Å². The van der Waals surface area contributed by atoms with Crippen LogP contribution in [0, 0.1) is 20.8 Å². The van der Waals surface area contributed by atoms with E-state index in [1.54, 1.807) is 28.6 Å². The predicted octanol–water partition coefficient (Wildman–Crippen LogP) is 5.66. The number of aromatic nitrogens is 2. The summed E-state index contributed by atoms with van der Waals surface area (Å²) >= 11 is 1.56. The fourth-order valence-electron chi connectivity index (χ4n) is 3.18. The van der Waals surface area contributed by atoms with Crippen LogP contribution in [0.1, 0.15) is 27.8 Å². The van der Waals surface area contributed by atoms with Crippen LogP contribution in [0.25, 0.3) is 5.65 Å². The molecule has 0 radical (unpaired) electrons. The van der Waals surface area contributed by atoms with Crippen LogP contribution in [0.3, 0.4) is 0 Å². The Labute approximate surface area is 180 Å². The third-order valence-electron chi connectivity index (χ3n) is 5.10. The smallest absolute Gasteiger partial charge is 0.267 e. The van der Waals surface area contributed by atoms with Crippen molar-refractivity contribution in [3.8, 4) is 0 Å². The van der Waals surface area contributed by atoms with Crippen molar-refractivity contribution >= 4 is 29.3 Å². The summed E-state index contributed by atoms with van der Waals surface area (Å²) < 4.78 is 1.60. The topological polar surface area (TPSA) is 46.7 Å². The number of thioether (sulfide) groups is 1. The van der Waals surface area contributed by atoms with Crippen molar-refractivity contribution in [2.75, 3.05) is 0 Å². The Morgan fingerprint density at radius 2 is 1.77 bits per heavy atom. The van der Waals surface area contributed by atoms with E-state index in [-0.39, 0.29) is 5.56 Å². The lowest BCUT2D eigenvalue weighted by Crippen LogP contribution is -2.21. The highest BCUT2D eigenvalue weighted by atomic mass is 32.2. The summed E-state index contributed by atoms with van der Waals surface area (Å²) in [6.45, 7) is 6.10. The first-order valence-corrected chi connectivity index (χ1v) is 10.8. The van der Waals surface area contributed by atoms with Crippen LogP contribution in [0.2, 0.25) is 0 Å². The van der Waals surface area contributed by atoms with Gasteiger partial charge in [-0.15, -0.1) is 11.8 Å². The Bertz CT molecular complexity index is 1290. The van der Waals surface area contributed by atoms with E-state index in [1.807, 2.05) is 55.5 Å². The molecule has 30 heavy (non-hydrogen) atoms. The SMILES string of the molecule is Cc1ccc(N=Cc2c(SCc3ccccc3)nc3c(C)cccn3c2=O)cc1C. The maximum Gasteiger partial charge on any atom is 0.267 e. The normalized spacial score (nSPS) is 11.4. The second-order valence-corrected chi connectivity index (χ2v) is 8.29. The molecule has 0 N–H and O–H groups in total. The molecule has 2 aromatic carbocycles. The van der Waals surface area contributed by atoms with E-state index in [0.29, 0.717) is 16.2 Å². The third kappa shape index (κ3) is 4.21. The van der Waals surface area contributed by atoms with Gasteiger partial charge in [0.1, 0.15) is 10.7 Å². The van der Waals surface area contributed by atoms with Gasteiger partial charge < -0.3 is 0 Å². The van der Waals surface area contributed by atoms with Crippen LogP contribution < -0.4 is 5.56 Å². The summed E-state index contributed by atoms with van der Waals surface area (Å²) in [7, 11) is 0. The highest BCUT2D eigenvalue weighted by Gasteiger charge is 2.13. The van der Waals surface area contributed by atoms with Crippen molar-refractivity contribution < 1.29 is 0 Å². The van der Waals surface area contributed by atoms with Gasteiger partial charge in [-0.05, 0) is 61.2 Å². The number of hydrogen-bond acceptors (Lipinski definition) is 4. The zero-order valence-corrected chi connectivity index (χ0v) is 18.1. The molecule has 0 fully saturated rings. The van der Waals surface area contributed by atoms with Crippen LogP contribution >= 0.6 is 11.8 Å². The van der Waals surface area contributed by atoms with Crippen LogP contribution in [-0.2, 0) is 5.75 Å². The number of fused-ring (bicyclic) bond motifs is 1. The standard InChI is InChI=1S/C25H23N3OS/c1-17-11-12-21(14-19(17)3)26-15-22-24(30-16-20-9-5-4-6-10-20)27-23-18(2)8-7-13-28(23)25(22)29/h4-15H,16H2,1-3H3. The molecule has 2 aromatic heterocycles. The van der Waals surface area contributed by atoms with E-state index in [1.165, 1.54) is 16.7 Å². The lowest BCUT2D eigenvalue weighted by atomic mass is 10.1. The molecule has 150 valence electrons. The lowest BCUT2D eigenvalue weighted by Gasteiger charge is -2.10. The maximum absolute atomic E-state index is 13.3. The number of hydrogen-bond donors (Lipinski definition) is 0. The van der Waals surface area contributed by atoms with E-state index < -0.39 is 0 Å². The molecule has 4 rings (SSSR count). The van der Waals surface area contributed by atoms with Crippen molar-refractivity contribution in [1.29, 1.82) is 0 Å². The molecule has 0 saturated heterocycles. The van der Waals surface area contributed by atoms with Crippen LogP contribution in [0.15, 0.2) is 81.7 Å². The number of benzene rings is 2. The van der Waals surface area contributed by atoms with Crippen molar-refractivity contribution in [3.63, 3.8) is 0 Å². The summed E-state index contributed by atoms with van der Waals surface area (Å²) in [5, 5.41) is 0.700. The zero-order chi connectivity index (χ0) is 21.1. The molecule has 0 amide bonds. The number of aryl methyl sites for hydroxylation is 3. The summed E-state index contributed by atoms with van der Waals surface area (Å²) in [6, 6.07) is 20.1. The first kappa shape index (κ1) is 20.1. The summed E-state index contributed by atoms with van der Waals surface area (Å²) in [5.41, 5.74) is 6.46. The van der Waals surface area contributed by atoms with Gasteiger partial charge in [0.15, 0.2) is 0 Å². The van der Waals surface area contributed by atoms with Crippen molar-refractivity contribution in [3.05, 3.63) is 105 Å². The summed E-state index contributed by atoms with van der Waals surface area (Å²) in [5.74, 6) is 0.736. The average molecular weight is 414 g/mol. The van der Waals surface area contributed by atoms with E-state index in [4.69, 9.17) is 4.98 Å². The quantitative estimate of drug-likeness (QED) is 0.241. The molecular weight excluding hydrogens is 390 g/mol. The second-order valence-electron chi connectivity index (χ2n) is 7.32. The monoisotopic (exact) mass is 413 g/mol. The molecule has 4 nitrogen and oxygen atoms in total. The fourth-order valence-corrected chi connectivity index (χ4v) is 4.13. The average Bonchev–Trinajstić information content (AvgIpc) is 2.75. The van der Waals surface area contributed by atoms with Gasteiger partial charge in [-0.25, -0.2) is 4.98 Å². The molecule has 0 spiro atoms. The van der Waals surface area contributed by atoms with Gasteiger partial charge in [0, 0.05) is 18.2 Å². The van der Waals surface area contributed by atoms with E-state index in [2.05, 4.69) is 31.0 Å². The van der Waals surface area contributed by atoms with Gasteiger partial charge in [-0.2, -0.15) is 0 Å². The van der Waals surface area contributed by atoms with Crippen molar-refractivity contribution in [1.82, 2.24) is 9.38 Å². The minimum atomic E-state index is -0.105. The largest absolute Gasteiger partial charge is 0.268 e. The van der Waals surface area contributed by atoms with Crippen molar-refractivity contribution in [2.24, 2.45) is 4.99 Å². The minimum absolute atomic E-state index is 0.105. The fraction of sp³-hybridized carbons (Fsp3) is 0.160. The Hall–Kier alpha value is -3.18. The molecule has 0 atom stereocenters. The van der Waals surface area contributed by atoms with E-state index in [0.717, 1.165) is 17.0 Å². The third-order valence-corrected chi connectivity index (χ3v) is 6.16. The molecule has 5 heteroatoms. The maximum atomic E-state index is 13.3. The molecule has 0 unspecified atom stereocenters. The first-order valence-electron chi connectivity index (χ1n) is 9.83. The molecule has 0 aliphatic carbocycles. The molecule has 0 saturated carbocycles. The Balaban J connectivity index is 1.79. The number of aliphatic imine (C=N–C) groups is 1. The van der Waals surface area contributed by atoms with Gasteiger partial charge in [0.25, 0.3) is 5.56 Å². The first-order chi connectivity index (χ1) is 14.5. The highest BCUT2D eigenvalue weighted by molar-refractivity contribution is 7.98. The number of rotatable bonds is 5. The highest BCUT2D eigenvalue weighted by Crippen LogP contribution is 2.24. The Morgan fingerprint density at radius 3 is 2.53 bits per heavy atom. The minimum Gasteiger partial charge on any atom is -0.268 e. The summed E-state index contributed by atoms with van der Waals surface area (Å²) in [4.78, 5) is 22.7. The van der Waals surface area contributed by atoms with E-state index >= 15 is 0 Å². The Morgan fingerprint density at radius 1 is 0.967 bits per heavy atom. The van der Waals surface area contributed by atoms with Gasteiger partial charge >= 0.3 is 0 Å². The molecule has 2 heterocycles. The number of pyridine rings is 1. The molecular formula is C25H23N3OS. The lowest BCUT2D eigenvalue weighted by molar-refractivity contribution is 0.967. The zero-order valence-electron chi connectivity index (χ0n) is 17.3. The Kier molecular flexibility index (Phi) is 5.81. The van der Waals surface area contributed by atoms with Gasteiger partial charge in [-0.1, -0.05) is 42.5 Å². The van der Waals surface area contributed by atoms with Crippen LogP contribution in [-0.4, -0.2) is 15.6 Å². The summed E-state index contributed by atoms with van der Waals surface area (Å²) in [6.07, 6.45) is 3.41. The van der Waals surface area contributed by atoms with Gasteiger partial charge in [-0.3, -0.25) is 14.2 Å². The van der Waals surface area contributed by atoms with E-state index in [9.17, 15) is 4.79 Å². The molecule has 0 bridgehead atoms. The number of nitrogens with zero attached hydrogens (tertiary/aromatic N) is 3. The molecule has 0 aliphatic heterocycles. The van der Waals surface area contributed by atoms with Crippen molar-refractivity contribution in [2.45, 2.75) is 31.6 Å². The molecule has 0 aliphatic rings. The van der Waals surface area contributed by atoms with Gasteiger partial charge in [0.2, 0.25) is 0 Å². The second kappa shape index (κ2) is 8.67. The van der Waals surface area contributed by atoms with Gasteiger partial charge in [0.05, 0.1) is 11.3 Å². The molecule has 4 aromatic rings. The van der Waals surface area contributed by atoms with Crippen LogP contribution in [0.4, 0.5) is 5.69 Å². The predicted molar refractivity (Wildman–Crippen MR) is 125 cm³/mol.